The van der Waals surface area contributed by atoms with Gasteiger partial charge in [0.1, 0.15) is 11.3 Å². The number of halogens is 3. The quantitative estimate of drug-likeness (QED) is 0.508. The van der Waals surface area contributed by atoms with Gasteiger partial charge in [-0.15, -0.1) is 24.5 Å². The van der Waals surface area contributed by atoms with Gasteiger partial charge in [0, 0.05) is 16.6 Å². The first-order valence-electron chi connectivity index (χ1n) is 8.66. The summed E-state index contributed by atoms with van der Waals surface area (Å²) in [7, 11) is 0. The fourth-order valence-electron chi connectivity index (χ4n) is 2.76. The molecule has 0 aliphatic heterocycles. The first kappa shape index (κ1) is 19.8. The third-order valence-electron chi connectivity index (χ3n) is 4.25. The molecule has 1 N–H and O–H groups in total. The van der Waals surface area contributed by atoms with Crippen LogP contribution in [0.3, 0.4) is 0 Å². The zero-order chi connectivity index (χ0) is 21.5. The van der Waals surface area contributed by atoms with Gasteiger partial charge >= 0.3 is 6.36 Å². The number of alkyl halides is 3. The number of benzene rings is 1. The standard InChI is InChI=1S/C19H14F3N5O2S/c1-10-11(2)30-18(24-10)26-17(28)13-9-23-27-8-7-14(25-16(13)27)12-5-3-4-6-15(12)29-19(20,21)22/h3-9H,1-2H3,(H,24,26,28). The number of ether oxygens (including phenoxy) is 1. The molecule has 0 radical (unpaired) electrons. The van der Waals surface area contributed by atoms with E-state index < -0.39 is 12.3 Å². The molecular formula is C19H14F3N5O2S. The lowest BCUT2D eigenvalue weighted by molar-refractivity contribution is -0.274. The van der Waals surface area contributed by atoms with Crippen molar-refractivity contribution in [2.45, 2.75) is 20.2 Å². The van der Waals surface area contributed by atoms with Gasteiger partial charge in [-0.05, 0) is 32.0 Å². The normalized spacial score (nSPS) is 11.6. The zero-order valence-corrected chi connectivity index (χ0v) is 16.5. The molecule has 0 unspecified atom stereocenters. The lowest BCUT2D eigenvalue weighted by Crippen LogP contribution is -2.17. The molecule has 0 saturated heterocycles. The molecule has 3 aromatic heterocycles. The van der Waals surface area contributed by atoms with E-state index in [1.165, 1.54) is 52.5 Å². The zero-order valence-electron chi connectivity index (χ0n) is 15.7. The molecule has 0 saturated carbocycles. The van der Waals surface area contributed by atoms with E-state index in [9.17, 15) is 18.0 Å². The van der Waals surface area contributed by atoms with Gasteiger partial charge in [-0.3, -0.25) is 10.1 Å². The highest BCUT2D eigenvalue weighted by Crippen LogP contribution is 2.33. The number of nitrogens with zero attached hydrogens (tertiary/aromatic N) is 4. The number of para-hydroxylation sites is 1. The number of fused-ring (bicyclic) bond motifs is 1. The summed E-state index contributed by atoms with van der Waals surface area (Å²) in [5.74, 6) is -0.857. The van der Waals surface area contributed by atoms with Crippen molar-refractivity contribution in [1.29, 1.82) is 0 Å². The molecule has 3 heterocycles. The van der Waals surface area contributed by atoms with Crippen molar-refractivity contribution in [3.8, 4) is 17.0 Å². The Morgan fingerprint density at radius 3 is 2.63 bits per heavy atom. The molecule has 11 heteroatoms. The number of nitrogens with one attached hydrogen (secondary N) is 1. The van der Waals surface area contributed by atoms with Crippen LogP contribution < -0.4 is 10.1 Å². The molecule has 7 nitrogen and oxygen atoms in total. The molecule has 4 rings (SSSR count). The van der Waals surface area contributed by atoms with Crippen LogP contribution >= 0.6 is 11.3 Å². The fraction of sp³-hybridized carbons (Fsp3) is 0.158. The monoisotopic (exact) mass is 433 g/mol. The summed E-state index contributed by atoms with van der Waals surface area (Å²) in [6.45, 7) is 3.73. The minimum absolute atomic E-state index is 0.135. The number of amides is 1. The van der Waals surface area contributed by atoms with Gasteiger partial charge in [0.05, 0.1) is 17.6 Å². The predicted octanol–water partition coefficient (Wildman–Crippen LogP) is 4.62. The lowest BCUT2D eigenvalue weighted by Gasteiger charge is -2.13. The Morgan fingerprint density at radius 2 is 1.93 bits per heavy atom. The minimum Gasteiger partial charge on any atom is -0.405 e. The van der Waals surface area contributed by atoms with E-state index in [1.54, 1.807) is 6.07 Å². The van der Waals surface area contributed by atoms with Gasteiger partial charge in [0.15, 0.2) is 10.8 Å². The van der Waals surface area contributed by atoms with Gasteiger partial charge < -0.3 is 4.74 Å². The maximum atomic E-state index is 12.7. The number of carbonyl (C=O) groups is 1. The van der Waals surface area contributed by atoms with Crippen molar-refractivity contribution in [2.24, 2.45) is 0 Å². The van der Waals surface area contributed by atoms with E-state index in [0.717, 1.165) is 10.6 Å². The minimum atomic E-state index is -4.84. The van der Waals surface area contributed by atoms with Gasteiger partial charge in [-0.25, -0.2) is 14.5 Å². The first-order valence-corrected chi connectivity index (χ1v) is 9.48. The maximum absolute atomic E-state index is 12.7. The predicted molar refractivity (Wildman–Crippen MR) is 105 cm³/mol. The summed E-state index contributed by atoms with van der Waals surface area (Å²) >= 11 is 1.34. The Hall–Kier alpha value is -3.47. The summed E-state index contributed by atoms with van der Waals surface area (Å²) in [6, 6.07) is 7.15. The van der Waals surface area contributed by atoms with E-state index in [-0.39, 0.29) is 28.2 Å². The molecule has 0 atom stereocenters. The van der Waals surface area contributed by atoms with Crippen LogP contribution in [0.1, 0.15) is 20.9 Å². The highest BCUT2D eigenvalue weighted by molar-refractivity contribution is 7.15. The van der Waals surface area contributed by atoms with Crippen LogP contribution in [-0.4, -0.2) is 31.9 Å². The van der Waals surface area contributed by atoms with E-state index in [0.29, 0.717) is 5.13 Å². The van der Waals surface area contributed by atoms with E-state index >= 15 is 0 Å². The Morgan fingerprint density at radius 1 is 1.17 bits per heavy atom. The van der Waals surface area contributed by atoms with Crippen molar-refractivity contribution in [1.82, 2.24) is 19.6 Å². The van der Waals surface area contributed by atoms with Crippen molar-refractivity contribution in [3.05, 3.63) is 58.9 Å². The van der Waals surface area contributed by atoms with E-state index in [1.807, 2.05) is 13.8 Å². The molecule has 1 amide bonds. The summed E-state index contributed by atoms with van der Waals surface area (Å²) in [5, 5.41) is 7.23. The van der Waals surface area contributed by atoms with Crippen LogP contribution in [0.15, 0.2) is 42.7 Å². The second kappa shape index (κ2) is 7.41. The number of carbonyl (C=O) groups excluding carboxylic acids is 1. The van der Waals surface area contributed by atoms with E-state index in [4.69, 9.17) is 0 Å². The fourth-order valence-corrected chi connectivity index (χ4v) is 3.57. The van der Waals surface area contributed by atoms with Crippen molar-refractivity contribution < 1.29 is 22.7 Å². The Kier molecular flexibility index (Phi) is 4.90. The lowest BCUT2D eigenvalue weighted by atomic mass is 10.1. The first-order chi connectivity index (χ1) is 14.2. The SMILES string of the molecule is Cc1nc(NC(=O)c2cnn3ccc(-c4ccccc4OC(F)(F)F)nc23)sc1C. The number of thiazole rings is 1. The summed E-state index contributed by atoms with van der Waals surface area (Å²) in [6.07, 6.45) is -1.99. The van der Waals surface area contributed by atoms with Gasteiger partial charge in [0.2, 0.25) is 0 Å². The van der Waals surface area contributed by atoms with Crippen molar-refractivity contribution >= 4 is 28.0 Å². The molecule has 0 aliphatic rings. The van der Waals surface area contributed by atoms with Gasteiger partial charge in [-0.1, -0.05) is 12.1 Å². The largest absolute Gasteiger partial charge is 0.573 e. The molecule has 30 heavy (non-hydrogen) atoms. The summed E-state index contributed by atoms with van der Waals surface area (Å²) in [5.41, 5.74) is 1.51. The molecule has 0 bridgehead atoms. The van der Waals surface area contributed by atoms with Crippen LogP contribution in [0.25, 0.3) is 16.9 Å². The third kappa shape index (κ3) is 3.96. The molecule has 1 aromatic carbocycles. The second-order valence-electron chi connectivity index (χ2n) is 6.30. The smallest absolute Gasteiger partial charge is 0.405 e. The van der Waals surface area contributed by atoms with E-state index in [2.05, 4.69) is 25.1 Å². The Balaban J connectivity index is 1.71. The summed E-state index contributed by atoms with van der Waals surface area (Å²) in [4.78, 5) is 22.3. The average Bonchev–Trinajstić information content (AvgIpc) is 3.23. The van der Waals surface area contributed by atoms with Crippen LogP contribution in [0.4, 0.5) is 18.3 Å². The number of hydrogen-bond donors (Lipinski definition) is 1. The third-order valence-corrected chi connectivity index (χ3v) is 5.24. The Labute approximate surface area is 172 Å². The molecule has 0 aliphatic carbocycles. The van der Waals surface area contributed by atoms with Crippen LogP contribution in [0, 0.1) is 13.8 Å². The summed E-state index contributed by atoms with van der Waals surface area (Å²) < 4.78 is 43.7. The van der Waals surface area contributed by atoms with Crippen LogP contribution in [-0.2, 0) is 0 Å². The van der Waals surface area contributed by atoms with Gasteiger partial charge in [0.25, 0.3) is 5.91 Å². The molecular weight excluding hydrogens is 419 g/mol. The van der Waals surface area contributed by atoms with Crippen molar-refractivity contribution in [3.63, 3.8) is 0 Å². The highest BCUT2D eigenvalue weighted by Gasteiger charge is 2.32. The molecule has 4 aromatic rings. The molecule has 0 fully saturated rings. The van der Waals surface area contributed by atoms with Crippen LogP contribution in [0.5, 0.6) is 5.75 Å². The average molecular weight is 433 g/mol. The number of rotatable bonds is 4. The number of aromatic nitrogens is 4. The number of aryl methyl sites for hydroxylation is 2. The van der Waals surface area contributed by atoms with Crippen LogP contribution in [0.2, 0.25) is 0 Å². The number of hydrogen-bond acceptors (Lipinski definition) is 6. The topological polar surface area (TPSA) is 81.4 Å². The maximum Gasteiger partial charge on any atom is 0.573 e. The molecule has 154 valence electrons. The highest BCUT2D eigenvalue weighted by atomic mass is 32.1. The van der Waals surface area contributed by atoms with Gasteiger partial charge in [-0.2, -0.15) is 5.10 Å². The second-order valence-corrected chi connectivity index (χ2v) is 7.50. The molecule has 0 spiro atoms. The number of anilines is 1. The van der Waals surface area contributed by atoms with Crippen molar-refractivity contribution in [2.75, 3.05) is 5.32 Å². The Bertz CT molecular complexity index is 1230.